The molecule has 0 saturated heterocycles. The van der Waals surface area contributed by atoms with Gasteiger partial charge in [-0.3, -0.25) is 4.57 Å². The first-order chi connectivity index (χ1) is 19.8. The van der Waals surface area contributed by atoms with Gasteiger partial charge in [0, 0.05) is 47.5 Å². The van der Waals surface area contributed by atoms with Crippen molar-refractivity contribution in [1.82, 2.24) is 19.5 Å². The Kier molecular flexibility index (Phi) is 4.45. The van der Waals surface area contributed by atoms with Gasteiger partial charge in [-0.25, -0.2) is 4.98 Å². The minimum Gasteiger partial charge on any atom is -0.278 e. The maximum atomic E-state index is 5.10. The van der Waals surface area contributed by atoms with Crippen LogP contribution in [0.15, 0.2) is 121 Å². The van der Waals surface area contributed by atoms with E-state index in [-0.39, 0.29) is 0 Å². The van der Waals surface area contributed by atoms with Gasteiger partial charge in [-0.2, -0.15) is 9.97 Å². The zero-order chi connectivity index (χ0) is 26.2. The van der Waals surface area contributed by atoms with Crippen LogP contribution in [0.25, 0.3) is 81.5 Å². The lowest BCUT2D eigenvalue weighted by atomic mass is 10.00. The maximum Gasteiger partial charge on any atom is 0.238 e. The molecule has 3 heterocycles. The molecule has 0 aliphatic rings. The predicted molar refractivity (Wildman–Crippen MR) is 167 cm³/mol. The minimum absolute atomic E-state index is 0.622. The Bertz CT molecular complexity index is 2310. The molecule has 0 aliphatic carbocycles. The smallest absolute Gasteiger partial charge is 0.238 e. The number of thiophene rings is 1. The Morgan fingerprint density at radius 2 is 1.20 bits per heavy atom. The highest BCUT2D eigenvalue weighted by Crippen LogP contribution is 2.46. The van der Waals surface area contributed by atoms with E-state index in [4.69, 9.17) is 15.0 Å². The molecule has 0 amide bonds. The van der Waals surface area contributed by atoms with E-state index in [0.717, 1.165) is 22.2 Å². The average molecular weight is 529 g/mol. The van der Waals surface area contributed by atoms with Crippen LogP contribution in [0, 0.1) is 0 Å². The fourth-order valence-electron chi connectivity index (χ4n) is 6.04. The lowest BCUT2D eigenvalue weighted by Gasteiger charge is -2.11. The molecule has 0 saturated carbocycles. The molecule has 0 unspecified atom stereocenters. The number of fused-ring (bicyclic) bond motifs is 4. The molecular formula is C35H20N4S. The second kappa shape index (κ2) is 8.18. The Morgan fingerprint density at radius 3 is 1.95 bits per heavy atom. The van der Waals surface area contributed by atoms with Crippen LogP contribution in [0.1, 0.15) is 0 Å². The van der Waals surface area contributed by atoms with Crippen molar-refractivity contribution >= 4 is 64.1 Å². The zero-order valence-corrected chi connectivity index (χ0v) is 22.1. The van der Waals surface area contributed by atoms with Crippen molar-refractivity contribution in [3.05, 3.63) is 121 Å². The van der Waals surface area contributed by atoms with E-state index in [1.807, 2.05) is 47.7 Å². The number of hydrogen-bond acceptors (Lipinski definition) is 4. The molecule has 186 valence electrons. The van der Waals surface area contributed by atoms with Gasteiger partial charge >= 0.3 is 0 Å². The largest absolute Gasteiger partial charge is 0.278 e. The van der Waals surface area contributed by atoms with Crippen LogP contribution in [-0.2, 0) is 0 Å². The molecular weight excluding hydrogens is 508 g/mol. The molecule has 40 heavy (non-hydrogen) atoms. The summed E-state index contributed by atoms with van der Waals surface area (Å²) in [5.41, 5.74) is 4.14. The number of aromatic nitrogens is 4. The summed E-state index contributed by atoms with van der Waals surface area (Å²) in [5, 5.41) is 7.54. The molecule has 6 aromatic carbocycles. The zero-order valence-electron chi connectivity index (χ0n) is 21.2. The normalized spacial score (nSPS) is 12.0. The first-order valence-electron chi connectivity index (χ1n) is 13.3. The lowest BCUT2D eigenvalue weighted by Crippen LogP contribution is -2.06. The third kappa shape index (κ3) is 3.04. The van der Waals surface area contributed by atoms with E-state index in [1.165, 1.54) is 41.7 Å². The van der Waals surface area contributed by atoms with E-state index in [2.05, 4.69) is 89.5 Å². The molecule has 9 aromatic rings. The van der Waals surface area contributed by atoms with E-state index < -0.39 is 0 Å². The Labute approximate surface area is 233 Å². The lowest BCUT2D eigenvalue weighted by molar-refractivity contribution is 0.954. The summed E-state index contributed by atoms with van der Waals surface area (Å²) in [6.07, 6.45) is 0. The Hall–Kier alpha value is -5.13. The van der Waals surface area contributed by atoms with Gasteiger partial charge in [-0.1, -0.05) is 103 Å². The average Bonchev–Trinajstić information content (AvgIpc) is 3.57. The number of nitrogens with zero attached hydrogens (tertiary/aromatic N) is 4. The highest BCUT2D eigenvalue weighted by atomic mass is 32.1. The molecule has 0 atom stereocenters. The van der Waals surface area contributed by atoms with Gasteiger partial charge in [0.1, 0.15) is 0 Å². The molecule has 0 fully saturated rings. The molecule has 3 aromatic heterocycles. The molecule has 4 nitrogen and oxygen atoms in total. The van der Waals surface area contributed by atoms with Crippen LogP contribution < -0.4 is 0 Å². The summed E-state index contributed by atoms with van der Waals surface area (Å²) >= 11 is 1.87. The third-order valence-corrected chi connectivity index (χ3v) is 9.03. The van der Waals surface area contributed by atoms with E-state index in [0.29, 0.717) is 17.6 Å². The third-order valence-electron chi connectivity index (χ3n) is 7.81. The van der Waals surface area contributed by atoms with Gasteiger partial charge < -0.3 is 0 Å². The van der Waals surface area contributed by atoms with Crippen molar-refractivity contribution < 1.29 is 0 Å². The highest BCUT2D eigenvalue weighted by Gasteiger charge is 2.22. The quantitative estimate of drug-likeness (QED) is 0.215. The SMILES string of the molecule is c1ccc(-c2nc(-c3ccccc3)nc(-n3c4cccc5ccc6c7sc8ccccc8c7cc3c6c54)n2)cc1. The number of benzene rings is 6. The number of rotatable bonds is 3. The second-order valence-electron chi connectivity index (χ2n) is 10.1. The Balaban J connectivity index is 1.45. The van der Waals surface area contributed by atoms with Crippen LogP contribution in [0.3, 0.4) is 0 Å². The first-order valence-corrected chi connectivity index (χ1v) is 14.1. The molecule has 9 rings (SSSR count). The van der Waals surface area contributed by atoms with Gasteiger partial charge in [-0.15, -0.1) is 11.3 Å². The summed E-state index contributed by atoms with van der Waals surface area (Å²) in [6.45, 7) is 0. The van der Waals surface area contributed by atoms with Crippen molar-refractivity contribution in [1.29, 1.82) is 0 Å². The van der Waals surface area contributed by atoms with E-state index in [1.54, 1.807) is 0 Å². The summed E-state index contributed by atoms with van der Waals surface area (Å²) in [5.74, 6) is 1.94. The van der Waals surface area contributed by atoms with Gasteiger partial charge in [0.25, 0.3) is 0 Å². The molecule has 0 bridgehead atoms. The van der Waals surface area contributed by atoms with Gasteiger partial charge in [0.15, 0.2) is 11.6 Å². The monoisotopic (exact) mass is 528 g/mol. The summed E-state index contributed by atoms with van der Waals surface area (Å²) < 4.78 is 4.86. The summed E-state index contributed by atoms with van der Waals surface area (Å²) in [6, 6.07) is 42.4. The molecule has 0 N–H and O–H groups in total. The molecule has 5 heteroatoms. The molecule has 0 spiro atoms. The van der Waals surface area contributed by atoms with Crippen LogP contribution in [-0.4, -0.2) is 19.5 Å². The predicted octanol–water partition coefficient (Wildman–Crippen LogP) is 9.26. The number of hydrogen-bond donors (Lipinski definition) is 0. The van der Waals surface area contributed by atoms with Crippen molar-refractivity contribution in [3.8, 4) is 28.7 Å². The van der Waals surface area contributed by atoms with Crippen molar-refractivity contribution in [2.24, 2.45) is 0 Å². The Morgan fingerprint density at radius 1 is 0.500 bits per heavy atom. The fraction of sp³-hybridized carbons (Fsp3) is 0. The van der Waals surface area contributed by atoms with Crippen molar-refractivity contribution in [2.45, 2.75) is 0 Å². The van der Waals surface area contributed by atoms with Gasteiger partial charge in [0.2, 0.25) is 5.95 Å². The summed E-state index contributed by atoms with van der Waals surface area (Å²) in [4.78, 5) is 15.1. The first kappa shape index (κ1) is 21.8. The van der Waals surface area contributed by atoms with Crippen LogP contribution >= 0.6 is 11.3 Å². The van der Waals surface area contributed by atoms with Crippen LogP contribution in [0.5, 0.6) is 0 Å². The highest BCUT2D eigenvalue weighted by molar-refractivity contribution is 7.26. The fourth-order valence-corrected chi connectivity index (χ4v) is 7.25. The van der Waals surface area contributed by atoms with Crippen LogP contribution in [0.2, 0.25) is 0 Å². The van der Waals surface area contributed by atoms with E-state index in [9.17, 15) is 0 Å². The molecule has 0 aliphatic heterocycles. The van der Waals surface area contributed by atoms with Gasteiger partial charge in [0.05, 0.1) is 11.0 Å². The standard InChI is InChI=1S/C35H20N4S/c1-3-10-22(11-4-1)33-36-34(23-12-5-2-6-13-23)38-35(37-33)39-27-16-9-14-21-18-19-25-31(30(21)27)28(39)20-26-24-15-7-8-17-29(24)40-32(25)26/h1-20H. The molecule has 0 radical (unpaired) electrons. The van der Waals surface area contributed by atoms with Crippen molar-refractivity contribution in [2.75, 3.05) is 0 Å². The second-order valence-corrected chi connectivity index (χ2v) is 11.1. The summed E-state index contributed by atoms with van der Waals surface area (Å²) in [7, 11) is 0. The minimum atomic E-state index is 0.622. The maximum absolute atomic E-state index is 5.10. The van der Waals surface area contributed by atoms with Crippen LogP contribution in [0.4, 0.5) is 0 Å². The van der Waals surface area contributed by atoms with E-state index >= 15 is 0 Å². The van der Waals surface area contributed by atoms with Gasteiger partial charge in [-0.05, 0) is 23.6 Å². The topological polar surface area (TPSA) is 43.6 Å². The van der Waals surface area contributed by atoms with Crippen molar-refractivity contribution in [3.63, 3.8) is 0 Å².